The number of ketones is 1. The number of carbonyl (C=O) groups excluding carboxylic acids is 2. The van der Waals surface area contributed by atoms with Crippen molar-refractivity contribution in [3.63, 3.8) is 0 Å². The lowest BCUT2D eigenvalue weighted by atomic mass is 10.1. The zero-order chi connectivity index (χ0) is 48.8. The second-order valence-corrected chi connectivity index (χ2v) is 19.1. The van der Waals surface area contributed by atoms with E-state index in [9.17, 15) is 35.9 Å². The van der Waals surface area contributed by atoms with Crippen LogP contribution in [0.1, 0.15) is 75.9 Å². The van der Waals surface area contributed by atoms with Crippen molar-refractivity contribution in [1.82, 2.24) is 25.0 Å². The molecule has 0 spiro atoms. The Morgan fingerprint density at radius 1 is 0.788 bits per heavy atom. The summed E-state index contributed by atoms with van der Waals surface area (Å²) in [4.78, 5) is 33.6. The number of nitrogen functional groups attached to an aromatic ring is 1. The van der Waals surface area contributed by atoms with E-state index in [4.69, 9.17) is 10.5 Å². The Bertz CT molecular complexity index is 2300. The lowest BCUT2D eigenvalue weighted by Crippen LogP contribution is -2.53. The molecule has 1 aromatic heterocycles. The summed E-state index contributed by atoms with van der Waals surface area (Å²) >= 11 is 6.66. The third-order valence-electron chi connectivity index (χ3n) is 10.7. The third-order valence-corrected chi connectivity index (χ3v) is 11.7. The highest BCUT2D eigenvalue weighted by molar-refractivity contribution is 9.10. The Balaban J connectivity index is 0.000000206. The molecule has 0 radical (unpaired) electrons. The second-order valence-electron chi connectivity index (χ2n) is 17.3. The number of amides is 1. The van der Waals surface area contributed by atoms with Crippen LogP contribution in [-0.4, -0.2) is 102 Å². The fourth-order valence-corrected chi connectivity index (χ4v) is 7.91. The van der Waals surface area contributed by atoms with E-state index >= 15 is 0 Å². The van der Waals surface area contributed by atoms with E-state index < -0.39 is 29.1 Å². The van der Waals surface area contributed by atoms with Crippen LogP contribution >= 0.6 is 31.9 Å². The monoisotopic (exact) mass is 1050 g/mol. The SMILES string of the molecule is CC(=O)c1cccc(Br)c1.CC(C)N1CCN(CCN(C(=O)OC(C)(C)C)C2CCNCC2)CC1.FC(F)(F)c1ccc2[nH]c(-c3cccc(Br)c3)cc2c1.Nc1ccc(C(F)(F)F)cc1. The van der Waals surface area contributed by atoms with Gasteiger partial charge in [0.05, 0.1) is 11.1 Å². The van der Waals surface area contributed by atoms with Gasteiger partial charge in [0.1, 0.15) is 5.60 Å². The number of alkyl halides is 6. The van der Waals surface area contributed by atoms with Gasteiger partial charge < -0.3 is 25.7 Å². The third kappa shape index (κ3) is 18.0. The number of nitrogens with two attached hydrogens (primary N) is 1. The molecule has 2 fully saturated rings. The summed E-state index contributed by atoms with van der Waals surface area (Å²) in [6, 6.07) is 25.7. The number of nitrogens with one attached hydrogen (secondary N) is 2. The standard InChI is InChI=1S/C19H38N4O2.C15H9BrF3N.C8H7BrO.C7H6F3N/c1-16(2)22-13-10-21(11-14-22)12-15-23(17-6-8-20-9-7-17)18(24)25-19(3,4)5;16-12-3-1-2-9(7-12)14-8-10-6-11(15(17,18)19)4-5-13(10)20-14;1-6(10)7-3-2-4-8(9)5-7;8-7(9,10)5-1-3-6(11)4-2-5/h16-17,20H,6-15H2,1-5H3;1-8,20H;2-5H,1H3;1-4H,11H2. The Morgan fingerprint density at radius 2 is 1.36 bits per heavy atom. The molecule has 3 heterocycles. The number of nitrogens with zero attached hydrogens (tertiary/aromatic N) is 3. The molecule has 9 nitrogen and oxygen atoms in total. The van der Waals surface area contributed by atoms with Gasteiger partial charge in [-0.05, 0) is 146 Å². The van der Waals surface area contributed by atoms with Crippen LogP contribution in [0.5, 0.6) is 0 Å². The topological polar surface area (TPSA) is 107 Å². The van der Waals surface area contributed by atoms with Crippen molar-refractivity contribution in [3.05, 3.63) is 123 Å². The van der Waals surface area contributed by atoms with Crippen LogP contribution in [0.15, 0.2) is 106 Å². The van der Waals surface area contributed by atoms with E-state index in [1.165, 1.54) is 18.2 Å². The predicted octanol–water partition coefficient (Wildman–Crippen LogP) is 12.6. The first-order valence-electron chi connectivity index (χ1n) is 21.7. The number of fused-ring (bicyclic) bond motifs is 1. The molecule has 0 atom stereocenters. The van der Waals surface area contributed by atoms with Crippen LogP contribution in [0.3, 0.4) is 0 Å². The van der Waals surface area contributed by atoms with E-state index in [0.29, 0.717) is 28.7 Å². The van der Waals surface area contributed by atoms with Crippen LogP contribution in [0, 0.1) is 0 Å². The number of carbonyl (C=O) groups is 2. The molecule has 0 unspecified atom stereocenters. The Labute approximate surface area is 400 Å². The molecule has 2 aliphatic heterocycles. The second kappa shape index (κ2) is 24.6. The number of anilines is 1. The van der Waals surface area contributed by atoms with Crippen LogP contribution < -0.4 is 11.1 Å². The molecule has 0 saturated carbocycles. The number of hydrogen-bond donors (Lipinski definition) is 3. The summed E-state index contributed by atoms with van der Waals surface area (Å²) in [5, 5.41) is 3.93. The van der Waals surface area contributed by atoms with E-state index in [2.05, 4.69) is 65.8 Å². The fraction of sp³-hybridized carbons (Fsp3) is 0.429. The molecule has 7 rings (SSSR count). The van der Waals surface area contributed by atoms with Gasteiger partial charge in [0.2, 0.25) is 0 Å². The number of halogens is 8. The van der Waals surface area contributed by atoms with Crippen molar-refractivity contribution in [3.8, 4) is 11.3 Å². The minimum absolute atomic E-state index is 0.0984. The van der Waals surface area contributed by atoms with Gasteiger partial charge in [-0.3, -0.25) is 14.6 Å². The van der Waals surface area contributed by atoms with Gasteiger partial charge >= 0.3 is 18.4 Å². The lowest BCUT2D eigenvalue weighted by molar-refractivity contribution is -0.138. The van der Waals surface area contributed by atoms with Gasteiger partial charge in [-0.15, -0.1) is 0 Å². The van der Waals surface area contributed by atoms with Crippen molar-refractivity contribution in [2.24, 2.45) is 0 Å². The van der Waals surface area contributed by atoms with Crippen LogP contribution in [0.4, 0.5) is 36.8 Å². The zero-order valence-corrected chi connectivity index (χ0v) is 41.3. The summed E-state index contributed by atoms with van der Waals surface area (Å²) in [6.07, 6.45) is -6.71. The smallest absolute Gasteiger partial charge is 0.416 e. The van der Waals surface area contributed by atoms with Crippen molar-refractivity contribution >= 4 is 60.3 Å². The minimum Gasteiger partial charge on any atom is -0.444 e. The number of piperidine rings is 1. The van der Waals surface area contributed by atoms with Crippen LogP contribution in [-0.2, 0) is 17.1 Å². The quantitative estimate of drug-likeness (QED) is 0.0847. The molecule has 2 saturated heterocycles. The van der Waals surface area contributed by atoms with Gasteiger partial charge in [-0.2, -0.15) is 26.3 Å². The first kappa shape index (κ1) is 54.2. The number of ether oxygens (including phenoxy) is 1. The number of benzene rings is 4. The van der Waals surface area contributed by atoms with Gasteiger partial charge in [-0.1, -0.05) is 56.1 Å². The highest BCUT2D eigenvalue weighted by Crippen LogP contribution is 2.33. The minimum atomic E-state index is -4.32. The van der Waals surface area contributed by atoms with E-state index in [1.54, 1.807) is 19.1 Å². The lowest BCUT2D eigenvalue weighted by Gasteiger charge is -2.39. The number of rotatable bonds is 7. The molecule has 0 bridgehead atoms. The van der Waals surface area contributed by atoms with Gasteiger partial charge in [0.15, 0.2) is 5.78 Å². The number of hydrogen-bond acceptors (Lipinski definition) is 7. The molecule has 0 aliphatic carbocycles. The molecule has 2 aliphatic rings. The number of aromatic amines is 1. The summed E-state index contributed by atoms with van der Waals surface area (Å²) in [7, 11) is 0. The van der Waals surface area contributed by atoms with Crippen molar-refractivity contribution in [2.75, 3.05) is 58.1 Å². The van der Waals surface area contributed by atoms with Gasteiger partial charge in [0, 0.05) is 88.1 Å². The van der Waals surface area contributed by atoms with Crippen molar-refractivity contribution in [1.29, 1.82) is 0 Å². The van der Waals surface area contributed by atoms with Crippen LogP contribution in [0.2, 0.25) is 0 Å². The van der Waals surface area contributed by atoms with E-state index in [0.717, 1.165) is 115 Å². The summed E-state index contributed by atoms with van der Waals surface area (Å²) in [5.74, 6) is 0.0984. The van der Waals surface area contributed by atoms with E-state index in [-0.39, 0.29) is 11.9 Å². The normalized spacial score (nSPS) is 15.1. The van der Waals surface area contributed by atoms with Crippen LogP contribution in [0.25, 0.3) is 22.2 Å². The Kier molecular flexibility index (Phi) is 20.2. The van der Waals surface area contributed by atoms with Gasteiger partial charge in [0.25, 0.3) is 0 Å². The van der Waals surface area contributed by atoms with E-state index in [1.807, 2.05) is 68.1 Å². The maximum absolute atomic E-state index is 12.7. The van der Waals surface area contributed by atoms with Gasteiger partial charge in [-0.25, -0.2) is 4.79 Å². The first-order chi connectivity index (χ1) is 30.9. The molecule has 4 N–H and O–H groups in total. The first-order valence-corrected chi connectivity index (χ1v) is 23.3. The molecule has 360 valence electrons. The number of Topliss-reactive ketones (excluding diaryl/α,β-unsaturated/α-hetero) is 1. The summed E-state index contributed by atoms with van der Waals surface area (Å²) in [6.45, 7) is 20.0. The maximum Gasteiger partial charge on any atom is 0.416 e. The highest BCUT2D eigenvalue weighted by atomic mass is 79.9. The highest BCUT2D eigenvalue weighted by Gasteiger charge is 2.32. The molecule has 5 aromatic rings. The number of aromatic nitrogens is 1. The number of piperazine rings is 1. The predicted molar refractivity (Wildman–Crippen MR) is 258 cm³/mol. The molecule has 1 amide bonds. The molecule has 66 heavy (non-hydrogen) atoms. The summed E-state index contributed by atoms with van der Waals surface area (Å²) in [5.41, 5.74) is 6.93. The average Bonchev–Trinajstić information content (AvgIpc) is 3.68. The molecular formula is C49H60Br2F6N6O3. The summed E-state index contributed by atoms with van der Waals surface area (Å²) < 4.78 is 81.2. The molecule has 4 aromatic carbocycles. The maximum atomic E-state index is 12.7. The largest absolute Gasteiger partial charge is 0.444 e. The van der Waals surface area contributed by atoms with Crippen molar-refractivity contribution < 1.29 is 40.7 Å². The average molecular weight is 1050 g/mol. The fourth-order valence-electron chi connectivity index (χ4n) is 7.11. The molecular weight excluding hydrogens is 994 g/mol. The number of H-pyrrole nitrogens is 1. The van der Waals surface area contributed by atoms with Crippen molar-refractivity contribution in [2.45, 2.75) is 84.4 Å². The Morgan fingerprint density at radius 3 is 1.88 bits per heavy atom. The zero-order valence-electron chi connectivity index (χ0n) is 38.1. The molecule has 17 heteroatoms. The Hall–Kier alpha value is -4.42.